The lowest BCUT2D eigenvalue weighted by Crippen LogP contribution is -2.11. The van der Waals surface area contributed by atoms with Gasteiger partial charge in [-0.3, -0.25) is 0 Å². The summed E-state index contributed by atoms with van der Waals surface area (Å²) in [5, 5.41) is 12.7. The van der Waals surface area contributed by atoms with Crippen molar-refractivity contribution in [1.82, 2.24) is 0 Å². The summed E-state index contributed by atoms with van der Waals surface area (Å²) in [6.45, 7) is 2.54. The number of aryl methyl sites for hydroxylation is 1. The van der Waals surface area contributed by atoms with Crippen molar-refractivity contribution in [3.8, 4) is 6.07 Å². The summed E-state index contributed by atoms with van der Waals surface area (Å²) in [4.78, 5) is 0. The Morgan fingerprint density at radius 1 is 1.20 bits per heavy atom. The summed E-state index contributed by atoms with van der Waals surface area (Å²) in [7, 11) is 1.66. The van der Waals surface area contributed by atoms with Crippen molar-refractivity contribution in [1.29, 1.82) is 5.26 Å². The number of anilines is 1. The van der Waals surface area contributed by atoms with Crippen LogP contribution >= 0.6 is 0 Å². The minimum Gasteiger partial charge on any atom is -0.380 e. The molecule has 2 aromatic rings. The molecule has 0 aliphatic rings. The number of rotatable bonds is 5. The van der Waals surface area contributed by atoms with Crippen molar-refractivity contribution in [3.05, 3.63) is 65.2 Å². The standard InChI is InChI=1S/C17H18N2O/c1-13-6-5-8-15(10-13)19-17(11-18)16-9-4-3-7-14(16)12-20-2/h3-10,17,19H,12H2,1-2H3. The van der Waals surface area contributed by atoms with Gasteiger partial charge in [0.1, 0.15) is 6.04 Å². The highest BCUT2D eigenvalue weighted by atomic mass is 16.5. The van der Waals surface area contributed by atoms with Gasteiger partial charge in [0.25, 0.3) is 0 Å². The largest absolute Gasteiger partial charge is 0.380 e. The van der Waals surface area contributed by atoms with Crippen LogP contribution in [0.2, 0.25) is 0 Å². The minimum absolute atomic E-state index is 0.386. The Bertz CT molecular complexity index is 616. The second kappa shape index (κ2) is 6.74. The molecule has 3 nitrogen and oxygen atoms in total. The van der Waals surface area contributed by atoms with E-state index in [1.807, 2.05) is 55.5 Å². The molecule has 0 radical (unpaired) electrons. The first kappa shape index (κ1) is 14.1. The fourth-order valence-electron chi connectivity index (χ4n) is 2.18. The molecule has 0 amide bonds. The molecule has 1 N–H and O–H groups in total. The van der Waals surface area contributed by atoms with E-state index in [9.17, 15) is 5.26 Å². The van der Waals surface area contributed by atoms with E-state index >= 15 is 0 Å². The second-order valence-corrected chi connectivity index (χ2v) is 4.71. The van der Waals surface area contributed by atoms with Crippen molar-refractivity contribution in [2.45, 2.75) is 19.6 Å². The molecule has 0 bridgehead atoms. The Morgan fingerprint density at radius 3 is 2.70 bits per heavy atom. The molecule has 0 saturated heterocycles. The molecule has 0 saturated carbocycles. The average molecular weight is 266 g/mol. The number of hydrogen-bond donors (Lipinski definition) is 1. The van der Waals surface area contributed by atoms with Crippen molar-refractivity contribution in [2.75, 3.05) is 12.4 Å². The molecule has 3 heteroatoms. The Kier molecular flexibility index (Phi) is 4.75. The van der Waals surface area contributed by atoms with E-state index in [-0.39, 0.29) is 6.04 Å². The molecule has 2 aromatic carbocycles. The fourth-order valence-corrected chi connectivity index (χ4v) is 2.18. The summed E-state index contributed by atoms with van der Waals surface area (Å²) < 4.78 is 5.20. The zero-order chi connectivity index (χ0) is 14.4. The molecule has 0 aliphatic carbocycles. The van der Waals surface area contributed by atoms with Gasteiger partial charge in [-0.25, -0.2) is 0 Å². The van der Waals surface area contributed by atoms with Crippen LogP contribution in [-0.2, 0) is 11.3 Å². The van der Waals surface area contributed by atoms with Gasteiger partial charge in [-0.2, -0.15) is 5.26 Å². The summed E-state index contributed by atoms with van der Waals surface area (Å²) in [5.41, 5.74) is 4.10. The van der Waals surface area contributed by atoms with E-state index in [1.54, 1.807) is 7.11 Å². The summed E-state index contributed by atoms with van der Waals surface area (Å²) in [6.07, 6.45) is 0. The molecular formula is C17H18N2O. The molecule has 1 unspecified atom stereocenters. The van der Waals surface area contributed by atoms with Crippen LogP contribution in [0.1, 0.15) is 22.7 Å². The maximum atomic E-state index is 9.45. The number of methoxy groups -OCH3 is 1. The van der Waals surface area contributed by atoms with Crippen molar-refractivity contribution < 1.29 is 4.74 Å². The Labute approximate surface area is 119 Å². The second-order valence-electron chi connectivity index (χ2n) is 4.71. The predicted molar refractivity (Wildman–Crippen MR) is 80.3 cm³/mol. The van der Waals surface area contributed by atoms with Gasteiger partial charge in [-0.15, -0.1) is 0 Å². The topological polar surface area (TPSA) is 45.0 Å². The van der Waals surface area contributed by atoms with Gasteiger partial charge in [-0.1, -0.05) is 36.4 Å². The SMILES string of the molecule is COCc1ccccc1C(C#N)Nc1cccc(C)c1. The number of hydrogen-bond acceptors (Lipinski definition) is 3. The van der Waals surface area contributed by atoms with Crippen LogP contribution in [0.5, 0.6) is 0 Å². The molecule has 102 valence electrons. The highest BCUT2D eigenvalue weighted by Crippen LogP contribution is 2.23. The van der Waals surface area contributed by atoms with Crippen molar-refractivity contribution in [2.24, 2.45) is 0 Å². The molecular weight excluding hydrogens is 248 g/mol. The number of ether oxygens (including phenoxy) is 1. The Morgan fingerprint density at radius 2 is 2.00 bits per heavy atom. The highest BCUT2D eigenvalue weighted by Gasteiger charge is 2.14. The Balaban J connectivity index is 2.27. The molecule has 0 spiro atoms. The van der Waals surface area contributed by atoms with E-state index in [2.05, 4.69) is 11.4 Å². The van der Waals surface area contributed by atoms with Crippen LogP contribution in [0.3, 0.4) is 0 Å². The average Bonchev–Trinajstić information content (AvgIpc) is 2.46. The van der Waals surface area contributed by atoms with Crippen LogP contribution in [0.15, 0.2) is 48.5 Å². The van der Waals surface area contributed by atoms with Gasteiger partial charge in [0.2, 0.25) is 0 Å². The monoisotopic (exact) mass is 266 g/mol. The van der Waals surface area contributed by atoms with Crippen LogP contribution in [0.4, 0.5) is 5.69 Å². The summed E-state index contributed by atoms with van der Waals surface area (Å²) in [5.74, 6) is 0. The first-order valence-electron chi connectivity index (χ1n) is 6.54. The lowest BCUT2D eigenvalue weighted by molar-refractivity contribution is 0.184. The molecule has 0 heterocycles. The fraction of sp³-hybridized carbons (Fsp3) is 0.235. The van der Waals surface area contributed by atoms with Gasteiger partial charge < -0.3 is 10.1 Å². The molecule has 0 fully saturated rings. The molecule has 2 rings (SSSR count). The zero-order valence-electron chi connectivity index (χ0n) is 11.8. The maximum Gasteiger partial charge on any atom is 0.140 e. The van der Waals surface area contributed by atoms with Gasteiger partial charge >= 0.3 is 0 Å². The number of nitrogens with one attached hydrogen (secondary N) is 1. The summed E-state index contributed by atoms with van der Waals surface area (Å²) >= 11 is 0. The van der Waals surface area contributed by atoms with Crippen molar-refractivity contribution in [3.63, 3.8) is 0 Å². The maximum absolute atomic E-state index is 9.45. The van der Waals surface area contributed by atoms with Crippen molar-refractivity contribution >= 4 is 5.69 Å². The number of benzene rings is 2. The quantitative estimate of drug-likeness (QED) is 0.894. The van der Waals surface area contributed by atoms with Crippen LogP contribution in [0, 0.1) is 18.3 Å². The molecule has 0 aromatic heterocycles. The first-order chi connectivity index (χ1) is 9.74. The summed E-state index contributed by atoms with van der Waals surface area (Å²) in [6, 6.07) is 17.8. The van der Waals surface area contributed by atoms with E-state index in [1.165, 1.54) is 0 Å². The zero-order valence-corrected chi connectivity index (χ0v) is 11.8. The third-order valence-corrected chi connectivity index (χ3v) is 3.12. The molecule has 0 aliphatic heterocycles. The van der Waals surface area contributed by atoms with E-state index in [0.717, 1.165) is 22.4 Å². The first-order valence-corrected chi connectivity index (χ1v) is 6.54. The van der Waals surface area contributed by atoms with Gasteiger partial charge in [-0.05, 0) is 35.7 Å². The van der Waals surface area contributed by atoms with Crippen LogP contribution in [0.25, 0.3) is 0 Å². The number of nitrogens with zero attached hydrogens (tertiary/aromatic N) is 1. The normalized spacial score (nSPS) is 11.7. The smallest absolute Gasteiger partial charge is 0.140 e. The molecule has 1 atom stereocenters. The van der Waals surface area contributed by atoms with Gasteiger partial charge in [0.05, 0.1) is 12.7 Å². The number of nitriles is 1. The molecule has 20 heavy (non-hydrogen) atoms. The van der Waals surface area contributed by atoms with Gasteiger partial charge in [0, 0.05) is 12.8 Å². The minimum atomic E-state index is -0.386. The lowest BCUT2D eigenvalue weighted by atomic mass is 10.0. The van der Waals surface area contributed by atoms with E-state index in [4.69, 9.17) is 4.74 Å². The third kappa shape index (κ3) is 3.37. The predicted octanol–water partition coefficient (Wildman–Crippen LogP) is 3.82. The highest BCUT2D eigenvalue weighted by molar-refractivity contribution is 5.50. The van der Waals surface area contributed by atoms with Crippen LogP contribution < -0.4 is 5.32 Å². The lowest BCUT2D eigenvalue weighted by Gasteiger charge is -2.17. The van der Waals surface area contributed by atoms with E-state index in [0.29, 0.717) is 6.61 Å². The Hall–Kier alpha value is -2.31. The van der Waals surface area contributed by atoms with Crippen LogP contribution in [-0.4, -0.2) is 7.11 Å². The van der Waals surface area contributed by atoms with Gasteiger partial charge in [0.15, 0.2) is 0 Å². The third-order valence-electron chi connectivity index (χ3n) is 3.12. The van der Waals surface area contributed by atoms with E-state index < -0.39 is 0 Å².